The Hall–Kier alpha value is -0.120. The summed E-state index contributed by atoms with van der Waals surface area (Å²) in [5.74, 6) is 0. The van der Waals surface area contributed by atoms with Crippen LogP contribution in [0.15, 0.2) is 0 Å². The van der Waals surface area contributed by atoms with Gasteiger partial charge in [-0.1, -0.05) is 20.8 Å². The van der Waals surface area contributed by atoms with Crippen molar-refractivity contribution in [2.24, 2.45) is 5.41 Å². The van der Waals surface area contributed by atoms with E-state index in [9.17, 15) is 0 Å². The van der Waals surface area contributed by atoms with Gasteiger partial charge in [0.2, 0.25) is 0 Å². The Labute approximate surface area is 119 Å². The van der Waals surface area contributed by atoms with E-state index in [0.29, 0.717) is 23.6 Å². The molecule has 1 aliphatic heterocycles. The summed E-state index contributed by atoms with van der Waals surface area (Å²) in [6.07, 6.45) is 6.93. The molecule has 0 radical (unpaired) electrons. The molecule has 1 N–H and O–H groups in total. The zero-order valence-corrected chi connectivity index (χ0v) is 13.2. The van der Waals surface area contributed by atoms with Crippen molar-refractivity contribution in [2.45, 2.75) is 71.1 Å². The van der Waals surface area contributed by atoms with Crippen molar-refractivity contribution in [1.29, 1.82) is 0 Å². The molecule has 2 rings (SSSR count). The molecule has 0 aromatic heterocycles. The van der Waals surface area contributed by atoms with Gasteiger partial charge in [0.05, 0.1) is 6.10 Å². The first kappa shape index (κ1) is 15.3. The van der Waals surface area contributed by atoms with Gasteiger partial charge in [0.1, 0.15) is 0 Å². The lowest BCUT2D eigenvalue weighted by Gasteiger charge is -2.37. The van der Waals surface area contributed by atoms with Crippen molar-refractivity contribution < 1.29 is 4.74 Å². The Morgan fingerprint density at radius 3 is 2.68 bits per heavy atom. The summed E-state index contributed by atoms with van der Waals surface area (Å²) in [6, 6.07) is 1.28. The van der Waals surface area contributed by atoms with Crippen molar-refractivity contribution in [2.75, 3.05) is 26.7 Å². The molecule has 2 aliphatic rings. The van der Waals surface area contributed by atoms with Gasteiger partial charge in [-0.05, 0) is 51.1 Å². The molecule has 1 aliphatic carbocycles. The number of hydrogen-bond acceptors (Lipinski definition) is 3. The van der Waals surface area contributed by atoms with Crippen LogP contribution < -0.4 is 5.32 Å². The molecule has 19 heavy (non-hydrogen) atoms. The molecular weight excluding hydrogens is 236 g/mol. The van der Waals surface area contributed by atoms with Crippen LogP contribution in [-0.2, 0) is 4.74 Å². The number of nitrogens with zero attached hydrogens (tertiary/aromatic N) is 1. The molecule has 0 aromatic carbocycles. The van der Waals surface area contributed by atoms with Crippen LogP contribution in [0.2, 0.25) is 0 Å². The second-order valence-corrected chi connectivity index (χ2v) is 7.06. The van der Waals surface area contributed by atoms with E-state index in [2.05, 4.69) is 38.0 Å². The molecule has 3 atom stereocenters. The highest BCUT2D eigenvalue weighted by atomic mass is 16.5. The molecule has 3 heteroatoms. The minimum Gasteiger partial charge on any atom is -0.377 e. The summed E-state index contributed by atoms with van der Waals surface area (Å²) >= 11 is 0. The zero-order chi connectivity index (χ0) is 13.9. The maximum absolute atomic E-state index is 5.89. The van der Waals surface area contributed by atoms with Gasteiger partial charge in [0, 0.05) is 25.2 Å². The number of likely N-dealkylation sites (N-methyl/N-ethyl adjacent to an activating group) is 2. The van der Waals surface area contributed by atoms with E-state index < -0.39 is 0 Å². The van der Waals surface area contributed by atoms with Gasteiger partial charge in [-0.15, -0.1) is 0 Å². The lowest BCUT2D eigenvalue weighted by Crippen LogP contribution is -2.52. The molecular formula is C16H32N2O. The largest absolute Gasteiger partial charge is 0.377 e. The Bertz CT molecular complexity index is 274. The predicted molar refractivity (Wildman–Crippen MR) is 80.5 cm³/mol. The fraction of sp³-hybridized carbons (Fsp3) is 1.00. The van der Waals surface area contributed by atoms with Crippen molar-refractivity contribution in [3.05, 3.63) is 0 Å². The molecule has 0 spiro atoms. The van der Waals surface area contributed by atoms with Crippen molar-refractivity contribution in [3.8, 4) is 0 Å². The van der Waals surface area contributed by atoms with E-state index in [-0.39, 0.29) is 0 Å². The Kier molecular flexibility index (Phi) is 5.27. The van der Waals surface area contributed by atoms with Gasteiger partial charge in [-0.25, -0.2) is 0 Å². The second kappa shape index (κ2) is 6.55. The van der Waals surface area contributed by atoms with Crippen molar-refractivity contribution in [3.63, 3.8) is 0 Å². The summed E-state index contributed by atoms with van der Waals surface area (Å²) in [4.78, 5) is 2.55. The molecule has 1 heterocycles. The van der Waals surface area contributed by atoms with Crippen LogP contribution in [0.4, 0.5) is 0 Å². The molecule has 3 unspecified atom stereocenters. The first-order valence-electron chi connectivity index (χ1n) is 8.10. The molecule has 0 bridgehead atoms. The third kappa shape index (κ3) is 3.71. The monoisotopic (exact) mass is 268 g/mol. The normalized spacial score (nSPS) is 34.9. The molecule has 2 fully saturated rings. The lowest BCUT2D eigenvalue weighted by molar-refractivity contribution is -0.0108. The third-order valence-electron chi connectivity index (χ3n) is 5.07. The highest BCUT2D eigenvalue weighted by molar-refractivity contribution is 5.00. The molecule has 1 saturated carbocycles. The summed E-state index contributed by atoms with van der Waals surface area (Å²) in [6.45, 7) is 10.2. The maximum Gasteiger partial charge on any atom is 0.0702 e. The number of ether oxygens (including phenoxy) is 1. The standard InChI is InChI=1S/C16H32N2O/c1-5-17-15-14(9-10-16(15,2)3)18(4)12-13-8-6-7-11-19-13/h13-15,17H,5-12H2,1-4H3. The highest BCUT2D eigenvalue weighted by Crippen LogP contribution is 2.39. The average molecular weight is 268 g/mol. The summed E-state index contributed by atoms with van der Waals surface area (Å²) < 4.78 is 5.89. The third-order valence-corrected chi connectivity index (χ3v) is 5.07. The predicted octanol–water partition coefficient (Wildman–Crippen LogP) is 2.65. The fourth-order valence-corrected chi connectivity index (χ4v) is 3.88. The summed E-state index contributed by atoms with van der Waals surface area (Å²) in [5, 5.41) is 3.72. The Balaban J connectivity index is 1.91. The minimum atomic E-state index is 0.419. The van der Waals surface area contributed by atoms with Crippen LogP contribution >= 0.6 is 0 Å². The van der Waals surface area contributed by atoms with Crippen LogP contribution in [0.1, 0.15) is 52.9 Å². The van der Waals surface area contributed by atoms with Gasteiger partial charge in [-0.2, -0.15) is 0 Å². The van der Waals surface area contributed by atoms with E-state index in [1.165, 1.54) is 32.1 Å². The Morgan fingerprint density at radius 1 is 1.26 bits per heavy atom. The first-order valence-corrected chi connectivity index (χ1v) is 8.10. The number of rotatable bonds is 5. The van der Waals surface area contributed by atoms with Crippen LogP contribution in [0.25, 0.3) is 0 Å². The first-order chi connectivity index (χ1) is 9.04. The topological polar surface area (TPSA) is 24.5 Å². The number of nitrogens with one attached hydrogen (secondary N) is 1. The van der Waals surface area contributed by atoms with Crippen molar-refractivity contribution in [1.82, 2.24) is 10.2 Å². The van der Waals surface area contributed by atoms with Crippen LogP contribution in [0.3, 0.4) is 0 Å². The van der Waals surface area contributed by atoms with Gasteiger partial charge >= 0.3 is 0 Å². The summed E-state index contributed by atoms with van der Waals surface area (Å²) in [7, 11) is 2.29. The van der Waals surface area contributed by atoms with Crippen molar-refractivity contribution >= 4 is 0 Å². The van der Waals surface area contributed by atoms with E-state index in [1.807, 2.05) is 0 Å². The molecule has 0 aromatic rings. The van der Waals surface area contributed by atoms with E-state index in [0.717, 1.165) is 19.7 Å². The van der Waals surface area contributed by atoms with Gasteiger partial charge < -0.3 is 10.1 Å². The Morgan fingerprint density at radius 2 is 2.05 bits per heavy atom. The second-order valence-electron chi connectivity index (χ2n) is 7.06. The molecule has 0 amide bonds. The van der Waals surface area contributed by atoms with Crippen LogP contribution in [0, 0.1) is 5.41 Å². The number of hydrogen-bond donors (Lipinski definition) is 1. The minimum absolute atomic E-state index is 0.419. The molecule has 3 nitrogen and oxygen atoms in total. The fourth-order valence-electron chi connectivity index (χ4n) is 3.88. The van der Waals surface area contributed by atoms with Crippen LogP contribution in [0.5, 0.6) is 0 Å². The zero-order valence-electron chi connectivity index (χ0n) is 13.2. The smallest absolute Gasteiger partial charge is 0.0702 e. The quantitative estimate of drug-likeness (QED) is 0.829. The summed E-state index contributed by atoms with van der Waals surface area (Å²) in [5.41, 5.74) is 0.419. The molecule has 1 saturated heterocycles. The van der Waals surface area contributed by atoms with E-state index >= 15 is 0 Å². The van der Waals surface area contributed by atoms with E-state index in [1.54, 1.807) is 0 Å². The SMILES string of the molecule is CCNC1C(N(C)CC2CCCCO2)CCC1(C)C. The van der Waals surface area contributed by atoms with Gasteiger partial charge in [-0.3, -0.25) is 4.90 Å². The van der Waals surface area contributed by atoms with Crippen LogP contribution in [-0.4, -0.2) is 49.8 Å². The molecule has 112 valence electrons. The van der Waals surface area contributed by atoms with Gasteiger partial charge in [0.25, 0.3) is 0 Å². The average Bonchev–Trinajstić information content (AvgIpc) is 2.67. The maximum atomic E-state index is 5.89. The van der Waals surface area contributed by atoms with Gasteiger partial charge in [0.15, 0.2) is 0 Å². The lowest BCUT2D eigenvalue weighted by atomic mass is 9.86. The highest BCUT2D eigenvalue weighted by Gasteiger charge is 2.43. The van der Waals surface area contributed by atoms with E-state index in [4.69, 9.17) is 4.74 Å².